The smallest absolute Gasteiger partial charge is 0.191 e. The number of nitrogens with zero attached hydrogens (tertiary/aromatic N) is 1. The van der Waals surface area contributed by atoms with Gasteiger partial charge in [-0.2, -0.15) is 52.7 Å². The molecular formula is C5F13N. The lowest BCUT2D eigenvalue weighted by atomic mass is 10.1. The van der Waals surface area contributed by atoms with E-state index in [1.165, 1.54) is 0 Å². The van der Waals surface area contributed by atoms with Gasteiger partial charge >= 0.3 is 30.4 Å². The first kappa shape index (κ1) is 18.0. The van der Waals surface area contributed by atoms with Gasteiger partial charge in [0.05, 0.1) is 0 Å². The molecule has 0 aromatic heterocycles. The molecule has 0 heterocycles. The van der Waals surface area contributed by atoms with Crippen LogP contribution in [0.1, 0.15) is 0 Å². The van der Waals surface area contributed by atoms with Gasteiger partial charge in [0, 0.05) is 5.12 Å². The molecule has 19 heavy (non-hydrogen) atoms. The molecule has 0 spiro atoms. The van der Waals surface area contributed by atoms with Crippen LogP contribution in [0.3, 0.4) is 0 Å². The fraction of sp³-hybridized carbons (Fsp3) is 1.00. The zero-order valence-electron chi connectivity index (χ0n) is 7.86. The van der Waals surface area contributed by atoms with E-state index in [-0.39, 0.29) is 0 Å². The van der Waals surface area contributed by atoms with E-state index in [9.17, 15) is 57.2 Å². The standard InChI is InChI=1S/C5F13N/c6-1(7,3(10,11)12)2(8,9)4(13,14)19(18)5(15,16)17. The maximum absolute atomic E-state index is 12.3. The van der Waals surface area contributed by atoms with Gasteiger partial charge in [0.15, 0.2) is 0 Å². The maximum Gasteiger partial charge on any atom is 0.492 e. The third-order valence-electron chi connectivity index (χ3n) is 1.60. The summed E-state index contributed by atoms with van der Waals surface area (Å²) in [6.07, 6.45) is -14.2. The Labute approximate surface area is 94.0 Å². The van der Waals surface area contributed by atoms with Crippen molar-refractivity contribution in [3.63, 3.8) is 0 Å². The predicted octanol–water partition coefficient (Wildman–Crippen LogP) is 4.12. The summed E-state index contributed by atoms with van der Waals surface area (Å²) >= 11 is 0. The van der Waals surface area contributed by atoms with Crippen LogP contribution >= 0.6 is 0 Å². The molecule has 0 aliphatic heterocycles. The van der Waals surface area contributed by atoms with Gasteiger partial charge in [-0.3, -0.25) is 0 Å². The van der Waals surface area contributed by atoms with Crippen molar-refractivity contribution in [3.05, 3.63) is 0 Å². The minimum Gasteiger partial charge on any atom is -0.191 e. The van der Waals surface area contributed by atoms with E-state index in [4.69, 9.17) is 0 Å². The second kappa shape index (κ2) is 4.28. The third-order valence-corrected chi connectivity index (χ3v) is 1.60. The van der Waals surface area contributed by atoms with Crippen molar-refractivity contribution in [1.82, 2.24) is 5.12 Å². The van der Waals surface area contributed by atoms with Crippen LogP contribution in [0.4, 0.5) is 57.2 Å². The van der Waals surface area contributed by atoms with Crippen molar-refractivity contribution in [3.8, 4) is 0 Å². The summed E-state index contributed by atoms with van der Waals surface area (Å²) < 4.78 is 153. The molecule has 0 rings (SSSR count). The van der Waals surface area contributed by atoms with Crippen LogP contribution < -0.4 is 0 Å². The molecule has 0 atom stereocenters. The molecule has 0 aliphatic carbocycles. The first-order valence-corrected chi connectivity index (χ1v) is 3.63. The summed E-state index contributed by atoms with van der Waals surface area (Å²) in [5, 5.41) is -4.03. The van der Waals surface area contributed by atoms with Crippen LogP contribution in [0.5, 0.6) is 0 Å². The van der Waals surface area contributed by atoms with Gasteiger partial charge in [0.25, 0.3) is 0 Å². The second-order valence-electron chi connectivity index (χ2n) is 2.94. The van der Waals surface area contributed by atoms with Crippen LogP contribution in [0.2, 0.25) is 0 Å². The lowest BCUT2D eigenvalue weighted by Gasteiger charge is -2.35. The van der Waals surface area contributed by atoms with Crippen LogP contribution in [0.25, 0.3) is 0 Å². The molecule has 14 heteroatoms. The molecule has 0 amide bonds. The highest BCUT2D eigenvalue weighted by Crippen LogP contribution is 2.55. The molecule has 0 N–H and O–H groups in total. The Hall–Kier alpha value is -0.950. The van der Waals surface area contributed by atoms with Crippen LogP contribution in [0.15, 0.2) is 0 Å². The van der Waals surface area contributed by atoms with Crippen molar-refractivity contribution in [2.45, 2.75) is 30.4 Å². The number of hydrogen-bond donors (Lipinski definition) is 0. The fourth-order valence-corrected chi connectivity index (χ4v) is 0.649. The number of rotatable bonds is 3. The Balaban J connectivity index is 5.78. The molecular weight excluding hydrogens is 321 g/mol. The van der Waals surface area contributed by atoms with Gasteiger partial charge in [-0.1, -0.05) is 0 Å². The van der Waals surface area contributed by atoms with Crippen LogP contribution in [0, 0.1) is 0 Å². The maximum atomic E-state index is 12.3. The zero-order valence-corrected chi connectivity index (χ0v) is 7.86. The van der Waals surface area contributed by atoms with Crippen molar-refractivity contribution in [1.29, 1.82) is 0 Å². The van der Waals surface area contributed by atoms with Crippen molar-refractivity contribution < 1.29 is 57.2 Å². The number of alkyl halides is 12. The largest absolute Gasteiger partial charge is 0.492 e. The molecule has 0 aromatic rings. The highest BCUT2D eigenvalue weighted by Gasteiger charge is 2.85. The first-order chi connectivity index (χ1) is 7.90. The van der Waals surface area contributed by atoms with Gasteiger partial charge in [0.2, 0.25) is 0 Å². The lowest BCUT2D eigenvalue weighted by Crippen LogP contribution is -2.66. The monoisotopic (exact) mass is 321 g/mol. The van der Waals surface area contributed by atoms with E-state index in [1.807, 2.05) is 0 Å². The van der Waals surface area contributed by atoms with Crippen molar-refractivity contribution >= 4 is 0 Å². The Kier molecular flexibility index (Phi) is 4.06. The van der Waals surface area contributed by atoms with Crippen LogP contribution in [-0.2, 0) is 0 Å². The topological polar surface area (TPSA) is 3.24 Å². The number of hydrogen-bond acceptors (Lipinski definition) is 1. The normalized spacial score (nSPS) is 16.1. The minimum atomic E-state index is -7.71. The molecule has 0 saturated carbocycles. The zero-order chi connectivity index (χ0) is 16.1. The molecule has 0 aromatic carbocycles. The molecule has 0 radical (unpaired) electrons. The van der Waals surface area contributed by atoms with E-state index in [1.54, 1.807) is 0 Å². The predicted molar refractivity (Wildman–Crippen MR) is 29.9 cm³/mol. The molecule has 0 bridgehead atoms. The average molecular weight is 321 g/mol. The quantitative estimate of drug-likeness (QED) is 0.429. The Bertz CT molecular complexity index is 323. The summed E-state index contributed by atoms with van der Waals surface area (Å²) in [6, 6.07) is -7.48. The molecule has 1 nitrogen and oxygen atoms in total. The van der Waals surface area contributed by atoms with E-state index in [0.717, 1.165) is 0 Å². The Morgan fingerprint density at radius 1 is 0.526 bits per heavy atom. The SMILES string of the molecule is FN(C(F)(F)F)C(F)(F)C(F)(F)C(F)(F)C(F)(F)F. The van der Waals surface area contributed by atoms with Gasteiger partial charge in [-0.15, -0.1) is 4.48 Å². The Morgan fingerprint density at radius 2 is 0.842 bits per heavy atom. The van der Waals surface area contributed by atoms with E-state index in [2.05, 4.69) is 0 Å². The van der Waals surface area contributed by atoms with E-state index >= 15 is 0 Å². The molecule has 116 valence electrons. The van der Waals surface area contributed by atoms with Crippen LogP contribution in [-0.4, -0.2) is 35.5 Å². The van der Waals surface area contributed by atoms with Gasteiger partial charge in [-0.05, 0) is 0 Å². The van der Waals surface area contributed by atoms with Crippen molar-refractivity contribution in [2.75, 3.05) is 0 Å². The second-order valence-corrected chi connectivity index (χ2v) is 2.94. The van der Waals surface area contributed by atoms with E-state index < -0.39 is 35.5 Å². The summed E-state index contributed by atoms with van der Waals surface area (Å²) in [5.41, 5.74) is 0. The highest BCUT2D eigenvalue weighted by molar-refractivity contribution is 4.99. The van der Waals surface area contributed by atoms with Gasteiger partial charge < -0.3 is 0 Å². The van der Waals surface area contributed by atoms with Gasteiger partial charge in [-0.25, -0.2) is 0 Å². The molecule has 0 unspecified atom stereocenters. The summed E-state index contributed by atoms with van der Waals surface area (Å²) in [5.74, 6) is -15.3. The Morgan fingerprint density at radius 3 is 1.05 bits per heavy atom. The third kappa shape index (κ3) is 2.67. The summed E-state index contributed by atoms with van der Waals surface area (Å²) in [7, 11) is 0. The molecule has 0 fully saturated rings. The molecule has 0 aliphatic rings. The fourth-order valence-electron chi connectivity index (χ4n) is 0.649. The lowest BCUT2D eigenvalue weighted by molar-refractivity contribution is -0.481. The van der Waals surface area contributed by atoms with Crippen molar-refractivity contribution in [2.24, 2.45) is 0 Å². The van der Waals surface area contributed by atoms with E-state index in [0.29, 0.717) is 0 Å². The summed E-state index contributed by atoms with van der Waals surface area (Å²) in [4.78, 5) is 0. The van der Waals surface area contributed by atoms with Gasteiger partial charge in [0.1, 0.15) is 0 Å². The molecule has 0 saturated heterocycles. The minimum absolute atomic E-state index is 4.03. The summed E-state index contributed by atoms with van der Waals surface area (Å²) in [6.45, 7) is 0. The first-order valence-electron chi connectivity index (χ1n) is 3.63. The average Bonchev–Trinajstić information content (AvgIpc) is 2.12. The number of halogens is 13. The highest BCUT2D eigenvalue weighted by atomic mass is 19.4.